The van der Waals surface area contributed by atoms with Crippen LogP contribution >= 0.6 is 0 Å². The predicted molar refractivity (Wildman–Crippen MR) is 77.8 cm³/mol. The molecule has 0 aromatic carbocycles. The third kappa shape index (κ3) is 3.29. The first-order chi connectivity index (χ1) is 9.10. The molecule has 0 bridgehead atoms. The summed E-state index contributed by atoms with van der Waals surface area (Å²) in [6.07, 6.45) is 7.12. The topological polar surface area (TPSA) is 58.4 Å². The van der Waals surface area contributed by atoms with Crippen LogP contribution in [-0.4, -0.2) is 42.0 Å². The molecular formula is C15H29N3O. The highest BCUT2D eigenvalue weighted by atomic mass is 16.1. The van der Waals surface area contributed by atoms with E-state index in [2.05, 4.69) is 24.1 Å². The lowest BCUT2D eigenvalue weighted by atomic mass is 9.89. The number of hydrogen-bond acceptors (Lipinski definition) is 3. The summed E-state index contributed by atoms with van der Waals surface area (Å²) < 4.78 is 0. The van der Waals surface area contributed by atoms with Gasteiger partial charge >= 0.3 is 0 Å². The summed E-state index contributed by atoms with van der Waals surface area (Å²) in [6, 6.07) is 0.578. The second kappa shape index (κ2) is 6.23. The molecule has 0 aromatic rings. The van der Waals surface area contributed by atoms with Gasteiger partial charge in [0.25, 0.3) is 0 Å². The molecule has 19 heavy (non-hydrogen) atoms. The van der Waals surface area contributed by atoms with Gasteiger partial charge in [0.1, 0.15) is 5.54 Å². The average molecular weight is 267 g/mol. The third-order valence-corrected chi connectivity index (χ3v) is 4.80. The molecule has 1 amide bonds. The fraction of sp³-hybridized carbons (Fsp3) is 0.933. The summed E-state index contributed by atoms with van der Waals surface area (Å²) in [5.41, 5.74) is 5.30. The van der Waals surface area contributed by atoms with Gasteiger partial charge in [-0.3, -0.25) is 9.69 Å². The summed E-state index contributed by atoms with van der Waals surface area (Å²) in [5, 5.41) is 3.50. The van der Waals surface area contributed by atoms with Gasteiger partial charge in [0, 0.05) is 12.6 Å². The molecule has 2 aliphatic rings. The molecule has 1 aliphatic heterocycles. The zero-order chi connectivity index (χ0) is 13.9. The molecule has 110 valence electrons. The Morgan fingerprint density at radius 3 is 2.63 bits per heavy atom. The van der Waals surface area contributed by atoms with Crippen molar-refractivity contribution >= 4 is 5.91 Å². The van der Waals surface area contributed by atoms with E-state index < -0.39 is 5.54 Å². The van der Waals surface area contributed by atoms with Crippen molar-refractivity contribution in [2.45, 2.75) is 64.0 Å². The van der Waals surface area contributed by atoms with Crippen LogP contribution in [0.4, 0.5) is 0 Å². The molecule has 3 N–H and O–H groups in total. The van der Waals surface area contributed by atoms with Crippen LogP contribution in [0.1, 0.15) is 52.4 Å². The van der Waals surface area contributed by atoms with Crippen LogP contribution in [0.25, 0.3) is 0 Å². The van der Waals surface area contributed by atoms with Gasteiger partial charge < -0.3 is 11.1 Å². The maximum atomic E-state index is 12.1. The highest BCUT2D eigenvalue weighted by Crippen LogP contribution is 2.40. The zero-order valence-electron chi connectivity index (χ0n) is 12.5. The lowest BCUT2D eigenvalue weighted by molar-refractivity contribution is -0.126. The van der Waals surface area contributed by atoms with E-state index in [0.717, 1.165) is 38.9 Å². The standard InChI is InChI=1S/C15H29N3O/c1-3-9-17-15(14(16)19,13-7-8-13)11-18-10-5-4-6-12(18)2/h12-13,17H,3-11H2,1-2H3,(H2,16,19). The number of primary amides is 1. The van der Waals surface area contributed by atoms with Gasteiger partial charge in [-0.25, -0.2) is 0 Å². The van der Waals surface area contributed by atoms with Gasteiger partial charge in [-0.2, -0.15) is 0 Å². The van der Waals surface area contributed by atoms with Crippen molar-refractivity contribution < 1.29 is 4.79 Å². The number of nitrogens with zero attached hydrogens (tertiary/aromatic N) is 1. The number of piperidine rings is 1. The van der Waals surface area contributed by atoms with E-state index in [9.17, 15) is 4.79 Å². The van der Waals surface area contributed by atoms with Crippen LogP contribution in [0.2, 0.25) is 0 Å². The van der Waals surface area contributed by atoms with Crippen LogP contribution in [0.5, 0.6) is 0 Å². The molecule has 4 heteroatoms. The Kier molecular flexibility index (Phi) is 4.85. The zero-order valence-corrected chi connectivity index (χ0v) is 12.5. The second-order valence-corrected chi connectivity index (χ2v) is 6.35. The number of likely N-dealkylation sites (tertiary alicyclic amines) is 1. The second-order valence-electron chi connectivity index (χ2n) is 6.35. The van der Waals surface area contributed by atoms with Gasteiger partial charge in [0.15, 0.2) is 0 Å². The molecule has 0 aromatic heterocycles. The Labute approximate surface area is 117 Å². The molecular weight excluding hydrogens is 238 g/mol. The van der Waals surface area contributed by atoms with Crippen molar-refractivity contribution in [3.05, 3.63) is 0 Å². The lowest BCUT2D eigenvalue weighted by Crippen LogP contribution is -2.64. The number of rotatable bonds is 7. The quantitative estimate of drug-likeness (QED) is 0.735. The van der Waals surface area contributed by atoms with Gasteiger partial charge in [0.05, 0.1) is 0 Å². The summed E-state index contributed by atoms with van der Waals surface area (Å²) in [5.74, 6) is 0.298. The molecule has 1 heterocycles. The molecule has 2 fully saturated rings. The molecule has 0 spiro atoms. The number of nitrogens with one attached hydrogen (secondary N) is 1. The van der Waals surface area contributed by atoms with Crippen molar-refractivity contribution in [3.63, 3.8) is 0 Å². The molecule has 2 unspecified atom stereocenters. The Hall–Kier alpha value is -0.610. The Morgan fingerprint density at radius 2 is 2.11 bits per heavy atom. The number of carbonyl (C=O) groups excluding carboxylic acids is 1. The van der Waals surface area contributed by atoms with Crippen molar-refractivity contribution in [1.82, 2.24) is 10.2 Å². The fourth-order valence-electron chi connectivity index (χ4n) is 3.33. The van der Waals surface area contributed by atoms with Crippen LogP contribution in [0.15, 0.2) is 0 Å². The van der Waals surface area contributed by atoms with E-state index in [1.54, 1.807) is 0 Å². The van der Waals surface area contributed by atoms with E-state index >= 15 is 0 Å². The Bertz CT molecular complexity index is 317. The van der Waals surface area contributed by atoms with E-state index in [-0.39, 0.29) is 5.91 Å². The highest BCUT2D eigenvalue weighted by Gasteiger charge is 2.50. The minimum atomic E-state index is -0.485. The van der Waals surface area contributed by atoms with Crippen LogP contribution in [0, 0.1) is 5.92 Å². The van der Waals surface area contributed by atoms with E-state index in [0.29, 0.717) is 12.0 Å². The number of carbonyl (C=O) groups is 1. The van der Waals surface area contributed by atoms with Crippen molar-refractivity contribution in [1.29, 1.82) is 0 Å². The first kappa shape index (κ1) is 14.8. The summed E-state index contributed by atoms with van der Waals surface area (Å²) in [7, 11) is 0. The van der Waals surface area contributed by atoms with Gasteiger partial charge in [-0.05, 0) is 58.0 Å². The predicted octanol–water partition coefficient (Wildman–Crippen LogP) is 1.49. The lowest BCUT2D eigenvalue weighted by Gasteiger charge is -2.41. The smallest absolute Gasteiger partial charge is 0.239 e. The van der Waals surface area contributed by atoms with E-state index in [1.165, 1.54) is 19.3 Å². The minimum absolute atomic E-state index is 0.152. The summed E-state index contributed by atoms with van der Waals surface area (Å²) >= 11 is 0. The number of nitrogens with two attached hydrogens (primary N) is 1. The molecule has 1 aliphatic carbocycles. The largest absolute Gasteiger partial charge is 0.368 e. The molecule has 1 saturated heterocycles. The average Bonchev–Trinajstić information content (AvgIpc) is 3.21. The van der Waals surface area contributed by atoms with Crippen molar-refractivity contribution in [2.75, 3.05) is 19.6 Å². The van der Waals surface area contributed by atoms with Gasteiger partial charge in [-0.1, -0.05) is 13.3 Å². The molecule has 4 nitrogen and oxygen atoms in total. The molecule has 2 rings (SSSR count). The van der Waals surface area contributed by atoms with Crippen molar-refractivity contribution in [2.24, 2.45) is 11.7 Å². The van der Waals surface area contributed by atoms with Crippen LogP contribution in [0.3, 0.4) is 0 Å². The SMILES string of the molecule is CCCNC(CN1CCCCC1C)(C(N)=O)C1CC1. The van der Waals surface area contributed by atoms with Crippen LogP contribution in [-0.2, 0) is 4.79 Å². The number of hydrogen-bond donors (Lipinski definition) is 2. The van der Waals surface area contributed by atoms with E-state index in [4.69, 9.17) is 5.73 Å². The maximum absolute atomic E-state index is 12.1. The van der Waals surface area contributed by atoms with Crippen molar-refractivity contribution in [3.8, 4) is 0 Å². The van der Waals surface area contributed by atoms with E-state index in [1.807, 2.05) is 0 Å². The fourth-order valence-corrected chi connectivity index (χ4v) is 3.33. The summed E-state index contributed by atoms with van der Waals surface area (Å²) in [6.45, 7) is 7.19. The monoisotopic (exact) mass is 267 g/mol. The normalized spacial score (nSPS) is 28.0. The first-order valence-corrected chi connectivity index (χ1v) is 7.89. The molecule has 0 radical (unpaired) electrons. The Morgan fingerprint density at radius 1 is 1.37 bits per heavy atom. The molecule has 2 atom stereocenters. The number of amides is 1. The maximum Gasteiger partial charge on any atom is 0.239 e. The van der Waals surface area contributed by atoms with Gasteiger partial charge in [0.2, 0.25) is 5.91 Å². The summed E-state index contributed by atoms with van der Waals surface area (Å²) in [4.78, 5) is 14.6. The highest BCUT2D eigenvalue weighted by molar-refractivity contribution is 5.86. The van der Waals surface area contributed by atoms with Crippen LogP contribution < -0.4 is 11.1 Å². The Balaban J connectivity index is 2.09. The first-order valence-electron chi connectivity index (χ1n) is 7.89. The third-order valence-electron chi connectivity index (χ3n) is 4.80. The molecule has 1 saturated carbocycles. The minimum Gasteiger partial charge on any atom is -0.368 e. The van der Waals surface area contributed by atoms with Gasteiger partial charge in [-0.15, -0.1) is 0 Å².